The molecule has 0 amide bonds. The number of likely N-dealkylation sites (N-methyl/N-ethyl adjacent to an activating group) is 1. The van der Waals surface area contributed by atoms with Crippen LogP contribution in [-0.2, 0) is 4.79 Å². The summed E-state index contributed by atoms with van der Waals surface area (Å²) in [4.78, 5) is 14.6. The van der Waals surface area contributed by atoms with Crippen LogP contribution in [0.3, 0.4) is 0 Å². The Hall–Kier alpha value is -1.16. The van der Waals surface area contributed by atoms with Crippen LogP contribution in [-0.4, -0.2) is 30.4 Å². The molecule has 0 unspecified atom stereocenters. The third-order valence-electron chi connectivity index (χ3n) is 2.35. The quantitative estimate of drug-likeness (QED) is 0.494. The van der Waals surface area contributed by atoms with Gasteiger partial charge in [0.05, 0.1) is 19.8 Å². The van der Waals surface area contributed by atoms with Crippen molar-refractivity contribution in [2.24, 2.45) is 4.99 Å². The Kier molecular flexibility index (Phi) is 1.80. The van der Waals surface area contributed by atoms with E-state index in [0.717, 1.165) is 11.4 Å². The minimum Gasteiger partial charge on any atom is -0.539 e. The number of hydrogen-bond donors (Lipinski definition) is 0. The molecule has 0 saturated heterocycles. The Morgan fingerprint density at radius 2 is 1.92 bits per heavy atom. The molecule has 0 bridgehead atoms. The largest absolute Gasteiger partial charge is 0.539 e. The summed E-state index contributed by atoms with van der Waals surface area (Å²) in [6, 6.07) is 0. The lowest BCUT2D eigenvalue weighted by molar-refractivity contribution is -0.754. The molecule has 4 nitrogen and oxygen atoms in total. The molecule has 1 aliphatic rings. The third-order valence-corrected chi connectivity index (χ3v) is 2.35. The lowest BCUT2D eigenvalue weighted by Crippen LogP contribution is -2.50. The van der Waals surface area contributed by atoms with Crippen LogP contribution in [0.1, 0.15) is 13.8 Å². The Balaban J connectivity index is 3.16. The average Bonchev–Trinajstić information content (AvgIpc) is 2.13. The zero-order valence-corrected chi connectivity index (χ0v) is 7.71. The molecular weight excluding hydrogens is 156 g/mol. The van der Waals surface area contributed by atoms with Gasteiger partial charge in [-0.15, -0.1) is 0 Å². The minimum atomic E-state index is -1.20. The second-order valence-corrected chi connectivity index (χ2v) is 3.35. The fourth-order valence-electron chi connectivity index (χ4n) is 1.20. The molecule has 0 fully saturated rings. The number of quaternary nitrogens is 1. The molecule has 0 spiro atoms. The molecule has 0 aromatic heterocycles. The van der Waals surface area contributed by atoms with Crippen molar-refractivity contribution in [2.75, 3.05) is 14.1 Å². The number of hydrogen-bond acceptors (Lipinski definition) is 3. The first-order valence-electron chi connectivity index (χ1n) is 3.70. The van der Waals surface area contributed by atoms with Gasteiger partial charge >= 0.3 is 0 Å². The highest BCUT2D eigenvalue weighted by atomic mass is 16.4. The van der Waals surface area contributed by atoms with Gasteiger partial charge in [-0.25, -0.2) is 4.48 Å². The molecule has 12 heavy (non-hydrogen) atoms. The van der Waals surface area contributed by atoms with Crippen molar-refractivity contribution in [3.8, 4) is 0 Å². The van der Waals surface area contributed by atoms with E-state index in [2.05, 4.69) is 4.99 Å². The number of nitrogens with zero attached hydrogens (tertiary/aromatic N) is 2. The summed E-state index contributed by atoms with van der Waals surface area (Å²) in [5.41, 5.74) is 1.70. The highest BCUT2D eigenvalue weighted by Crippen LogP contribution is 2.24. The molecule has 0 radical (unpaired) electrons. The molecule has 0 aromatic carbocycles. The van der Waals surface area contributed by atoms with Gasteiger partial charge in [-0.05, 0) is 6.92 Å². The monoisotopic (exact) mass is 168 g/mol. The third kappa shape index (κ3) is 1.04. The maximum Gasteiger partial charge on any atom is 0.255 e. The fourth-order valence-corrected chi connectivity index (χ4v) is 1.20. The summed E-state index contributed by atoms with van der Waals surface area (Å²) >= 11 is 0. The fraction of sp³-hybridized carbons (Fsp3) is 0.500. The number of rotatable bonds is 1. The van der Waals surface area contributed by atoms with Gasteiger partial charge in [0.1, 0.15) is 11.7 Å². The van der Waals surface area contributed by atoms with Crippen molar-refractivity contribution in [1.29, 1.82) is 0 Å². The van der Waals surface area contributed by atoms with Gasteiger partial charge in [0.15, 0.2) is 0 Å². The minimum absolute atomic E-state index is 0.0741. The highest BCUT2D eigenvalue weighted by molar-refractivity contribution is 6.31. The lowest BCUT2D eigenvalue weighted by atomic mass is 10.3. The number of allylic oxidation sites excluding steroid dienone is 2. The van der Waals surface area contributed by atoms with Crippen LogP contribution in [0.2, 0.25) is 0 Å². The number of carbonyl (C=O) groups is 1. The van der Waals surface area contributed by atoms with Gasteiger partial charge in [-0.2, -0.15) is 4.99 Å². The van der Waals surface area contributed by atoms with Gasteiger partial charge in [0, 0.05) is 6.92 Å². The number of carbonyl (C=O) groups excluding carboxylic acids is 1. The predicted molar refractivity (Wildman–Crippen MR) is 42.9 cm³/mol. The Morgan fingerprint density at radius 1 is 1.42 bits per heavy atom. The SMILES string of the molecule is CC1=C(C)[N+](C)(C)C(C(=O)[O-])=N1. The first kappa shape index (κ1) is 8.93. The van der Waals surface area contributed by atoms with E-state index in [9.17, 15) is 9.90 Å². The van der Waals surface area contributed by atoms with Gasteiger partial charge in [0.25, 0.3) is 5.84 Å². The van der Waals surface area contributed by atoms with E-state index >= 15 is 0 Å². The molecule has 4 heteroatoms. The zero-order chi connectivity index (χ0) is 9.52. The summed E-state index contributed by atoms with van der Waals surface area (Å²) in [5, 5.41) is 10.6. The summed E-state index contributed by atoms with van der Waals surface area (Å²) in [7, 11) is 3.56. The second-order valence-electron chi connectivity index (χ2n) is 3.35. The molecule has 66 valence electrons. The van der Waals surface area contributed by atoms with Crippen LogP contribution in [0.15, 0.2) is 16.4 Å². The van der Waals surface area contributed by atoms with Crippen molar-refractivity contribution < 1.29 is 14.4 Å². The van der Waals surface area contributed by atoms with E-state index in [1.165, 1.54) is 0 Å². The van der Waals surface area contributed by atoms with Crippen molar-refractivity contribution in [3.05, 3.63) is 11.4 Å². The van der Waals surface area contributed by atoms with Crippen molar-refractivity contribution in [1.82, 2.24) is 0 Å². The highest BCUT2D eigenvalue weighted by Gasteiger charge is 2.34. The number of aliphatic imine (C=N–C) groups is 1. The van der Waals surface area contributed by atoms with E-state index in [-0.39, 0.29) is 10.3 Å². The number of aliphatic carboxylic acids is 1. The van der Waals surface area contributed by atoms with Crippen LogP contribution >= 0.6 is 0 Å². The molecular formula is C8H12N2O2. The molecule has 0 saturated carbocycles. The normalized spacial score (nSPS) is 21.2. The summed E-state index contributed by atoms with van der Waals surface area (Å²) in [6.07, 6.45) is 0. The molecule has 0 N–H and O–H groups in total. The summed E-state index contributed by atoms with van der Waals surface area (Å²) in [6.45, 7) is 3.67. The average molecular weight is 168 g/mol. The maximum absolute atomic E-state index is 10.6. The van der Waals surface area contributed by atoms with Crippen LogP contribution < -0.4 is 5.11 Å². The molecule has 1 heterocycles. The van der Waals surface area contributed by atoms with Gasteiger partial charge in [-0.1, -0.05) is 0 Å². The lowest BCUT2D eigenvalue weighted by Gasteiger charge is -2.26. The first-order chi connectivity index (χ1) is 5.37. The molecule has 0 aliphatic carbocycles. The zero-order valence-electron chi connectivity index (χ0n) is 7.71. The van der Waals surface area contributed by atoms with E-state index in [1.54, 1.807) is 21.0 Å². The van der Waals surface area contributed by atoms with E-state index in [4.69, 9.17) is 0 Å². The van der Waals surface area contributed by atoms with Crippen LogP contribution in [0.4, 0.5) is 0 Å². The standard InChI is InChI=1S/C8H12N2O2/c1-5-6(2)10(3,4)7(9-5)8(11)12/h1-4H3. The van der Waals surface area contributed by atoms with Gasteiger partial charge < -0.3 is 9.90 Å². The van der Waals surface area contributed by atoms with Crippen LogP contribution in [0.25, 0.3) is 0 Å². The smallest absolute Gasteiger partial charge is 0.255 e. The Labute approximate surface area is 71.4 Å². The summed E-state index contributed by atoms with van der Waals surface area (Å²) < 4.78 is 0.189. The Morgan fingerprint density at radius 3 is 2.08 bits per heavy atom. The van der Waals surface area contributed by atoms with Crippen LogP contribution in [0, 0.1) is 0 Å². The number of carboxylic acids is 1. The number of amidine groups is 1. The van der Waals surface area contributed by atoms with E-state index < -0.39 is 5.97 Å². The van der Waals surface area contributed by atoms with Crippen molar-refractivity contribution in [2.45, 2.75) is 13.8 Å². The molecule has 0 aromatic rings. The Bertz CT molecular complexity index is 300. The maximum atomic E-state index is 10.6. The van der Waals surface area contributed by atoms with E-state index in [1.807, 2.05) is 6.92 Å². The van der Waals surface area contributed by atoms with Crippen molar-refractivity contribution >= 4 is 11.8 Å². The number of carboxylic acid groups (broad SMARTS) is 1. The van der Waals surface area contributed by atoms with Crippen molar-refractivity contribution in [3.63, 3.8) is 0 Å². The van der Waals surface area contributed by atoms with Gasteiger partial charge in [-0.3, -0.25) is 0 Å². The first-order valence-corrected chi connectivity index (χ1v) is 3.70. The predicted octanol–water partition coefficient (Wildman–Crippen LogP) is -0.524. The van der Waals surface area contributed by atoms with Gasteiger partial charge in [0.2, 0.25) is 0 Å². The van der Waals surface area contributed by atoms with Crippen LogP contribution in [0.5, 0.6) is 0 Å². The molecule has 1 aliphatic heterocycles. The summed E-state index contributed by atoms with van der Waals surface area (Å²) in [5.74, 6) is -1.12. The molecule has 0 atom stereocenters. The van der Waals surface area contributed by atoms with E-state index in [0.29, 0.717) is 0 Å². The molecule has 1 rings (SSSR count). The second kappa shape index (κ2) is 2.42. The topological polar surface area (TPSA) is 52.5 Å².